The van der Waals surface area contributed by atoms with Crippen LogP contribution in [0.15, 0.2) is 66.9 Å². The number of benzene rings is 2. The molecule has 54 heavy (non-hydrogen) atoms. The van der Waals surface area contributed by atoms with E-state index in [1.165, 1.54) is 17.0 Å². The number of aromatic hydroxyl groups is 2. The first-order valence-corrected chi connectivity index (χ1v) is 17.9. The number of alkyl halides is 1. The van der Waals surface area contributed by atoms with Crippen molar-refractivity contribution in [1.82, 2.24) is 24.5 Å². The number of nitrogens with one attached hydrogen (secondary N) is 1. The molecule has 0 radical (unpaired) electrons. The molecular weight excluding hydrogens is 705 g/mol. The molecule has 2 heterocycles. The van der Waals surface area contributed by atoms with Crippen molar-refractivity contribution < 1.29 is 42.6 Å². The second-order valence-electron chi connectivity index (χ2n) is 14.3. The number of nitrogens with zero attached hydrogens (tertiary/aromatic N) is 4. The summed E-state index contributed by atoms with van der Waals surface area (Å²) in [7, 11) is 0. The molecule has 2 aromatic heterocycles. The maximum atomic E-state index is 15.0. The fourth-order valence-electron chi connectivity index (χ4n) is 6.07. The van der Waals surface area contributed by atoms with Gasteiger partial charge in [-0.3, -0.25) is 9.59 Å². The van der Waals surface area contributed by atoms with Gasteiger partial charge in [0, 0.05) is 55.9 Å². The molecule has 292 valence electrons. The molecule has 15 heteroatoms. The molecule has 0 saturated carbocycles. The van der Waals surface area contributed by atoms with Crippen molar-refractivity contribution in [3.05, 3.63) is 89.9 Å². The topological polar surface area (TPSA) is 165 Å². The minimum Gasteiger partial charge on any atom is -0.492 e. The lowest BCUT2D eigenvalue weighted by Crippen LogP contribution is -2.48. The van der Waals surface area contributed by atoms with Crippen LogP contribution in [0.1, 0.15) is 83.1 Å². The molecule has 5 N–H and O–H groups in total. The van der Waals surface area contributed by atoms with Crippen LogP contribution in [0.2, 0.25) is 0 Å². The zero-order chi connectivity index (χ0) is 39.4. The molecule has 0 saturated heterocycles. The summed E-state index contributed by atoms with van der Waals surface area (Å²) in [5.41, 5.74) is 6.29. The number of carbonyl (C=O) groups is 3. The average molecular weight is 755 g/mol. The Labute approximate surface area is 312 Å². The van der Waals surface area contributed by atoms with Gasteiger partial charge in [0.25, 0.3) is 0 Å². The largest absolute Gasteiger partial charge is 0.492 e. The third-order valence-electron chi connectivity index (χ3n) is 8.81. The highest BCUT2D eigenvalue weighted by Crippen LogP contribution is 2.39. The maximum Gasteiger partial charge on any atom is 0.333 e. The minimum atomic E-state index is -0.841. The zero-order valence-electron chi connectivity index (χ0n) is 30.8. The van der Waals surface area contributed by atoms with E-state index in [-0.39, 0.29) is 49.5 Å². The van der Waals surface area contributed by atoms with Gasteiger partial charge in [0.05, 0.1) is 18.3 Å². The normalized spacial score (nSPS) is 12.6. The van der Waals surface area contributed by atoms with Gasteiger partial charge in [-0.2, -0.15) is 0 Å². The molecule has 0 aliphatic heterocycles. The van der Waals surface area contributed by atoms with Crippen LogP contribution in [0, 0.1) is 17.0 Å². The summed E-state index contributed by atoms with van der Waals surface area (Å²) in [5.74, 6) is -3.19. The first-order chi connectivity index (χ1) is 25.7. The van der Waals surface area contributed by atoms with Crippen molar-refractivity contribution in [2.75, 3.05) is 19.8 Å². The van der Waals surface area contributed by atoms with Crippen molar-refractivity contribution in [2.24, 2.45) is 11.1 Å². The molecule has 0 aliphatic carbocycles. The zero-order valence-corrected chi connectivity index (χ0v) is 30.8. The standard InChI is InChI=1S/C39H49F3N6O6/c1-39(2,3)37(38-45-31(29-21-27(41)15-16-30(29)42)25-46(38)24-26-11-7-6-8-12-26)47(20-19-28(43)22-40)35(52)23-44-32(49)13-9-4-5-10-14-36(53)54-48-33(50)17-18-34(48)51/h6-8,11-12,15-18,21,25,28,37,50-51H,4-5,9-10,13-14,19-20,22-24,43H2,1-3H3,(H,44,49). The Balaban J connectivity index is 1.47. The van der Waals surface area contributed by atoms with Crippen LogP contribution in [-0.2, 0) is 20.9 Å². The Morgan fingerprint density at radius 1 is 0.963 bits per heavy atom. The van der Waals surface area contributed by atoms with Gasteiger partial charge in [-0.05, 0) is 48.4 Å². The number of imidazole rings is 1. The van der Waals surface area contributed by atoms with Crippen LogP contribution in [0.4, 0.5) is 13.2 Å². The quantitative estimate of drug-likeness (QED) is 0.0873. The smallest absolute Gasteiger partial charge is 0.333 e. The molecule has 0 fully saturated rings. The molecule has 2 unspecified atom stereocenters. The Morgan fingerprint density at radius 2 is 1.63 bits per heavy atom. The van der Waals surface area contributed by atoms with Gasteiger partial charge in [-0.25, -0.2) is 22.9 Å². The van der Waals surface area contributed by atoms with Crippen molar-refractivity contribution in [2.45, 2.75) is 84.3 Å². The number of nitrogens with two attached hydrogens (primary N) is 1. The molecule has 2 aromatic carbocycles. The van der Waals surface area contributed by atoms with Crippen molar-refractivity contribution in [1.29, 1.82) is 0 Å². The summed E-state index contributed by atoms with van der Waals surface area (Å²) >= 11 is 0. The van der Waals surface area contributed by atoms with Crippen LogP contribution < -0.4 is 15.9 Å². The molecule has 0 spiro atoms. The summed E-state index contributed by atoms with van der Waals surface area (Å²) in [6.07, 6.45) is 4.08. The van der Waals surface area contributed by atoms with Gasteiger partial charge >= 0.3 is 5.97 Å². The lowest BCUT2D eigenvalue weighted by Gasteiger charge is -2.40. The van der Waals surface area contributed by atoms with E-state index in [1.54, 1.807) is 10.8 Å². The lowest BCUT2D eigenvalue weighted by atomic mass is 9.84. The third-order valence-corrected chi connectivity index (χ3v) is 8.81. The first kappa shape index (κ1) is 41.4. The number of hydrogen-bond acceptors (Lipinski definition) is 8. The Hall–Kier alpha value is -5.31. The predicted octanol–water partition coefficient (Wildman–Crippen LogP) is 5.80. The van der Waals surface area contributed by atoms with Gasteiger partial charge in [0.2, 0.25) is 23.6 Å². The number of unbranched alkanes of at least 4 members (excludes halogenated alkanes) is 3. The number of halogens is 3. The second kappa shape index (κ2) is 19.1. The van der Waals surface area contributed by atoms with Crippen LogP contribution in [0.3, 0.4) is 0 Å². The molecular formula is C39H49F3N6O6. The molecule has 4 rings (SSSR count). The Kier molecular flexibility index (Phi) is 14.7. The molecule has 0 bridgehead atoms. The second-order valence-corrected chi connectivity index (χ2v) is 14.3. The Morgan fingerprint density at radius 3 is 2.28 bits per heavy atom. The highest BCUT2D eigenvalue weighted by atomic mass is 19.1. The molecule has 0 aliphatic rings. The molecule has 4 aromatic rings. The van der Waals surface area contributed by atoms with Crippen LogP contribution in [-0.4, -0.2) is 73.0 Å². The van der Waals surface area contributed by atoms with Gasteiger partial charge in [-0.15, -0.1) is 4.73 Å². The lowest BCUT2D eigenvalue weighted by molar-refractivity contribution is -0.145. The summed E-state index contributed by atoms with van der Waals surface area (Å²) in [6.45, 7) is 4.90. The van der Waals surface area contributed by atoms with Crippen LogP contribution in [0.5, 0.6) is 11.8 Å². The monoisotopic (exact) mass is 754 g/mol. The molecule has 12 nitrogen and oxygen atoms in total. The fraction of sp³-hybridized carbons (Fsp3) is 0.436. The van der Waals surface area contributed by atoms with Crippen molar-refractivity contribution >= 4 is 17.8 Å². The first-order valence-electron chi connectivity index (χ1n) is 17.9. The highest BCUT2D eigenvalue weighted by molar-refractivity contribution is 5.85. The van der Waals surface area contributed by atoms with Crippen molar-refractivity contribution in [3.8, 4) is 23.0 Å². The van der Waals surface area contributed by atoms with Gasteiger partial charge in [0.15, 0.2) is 0 Å². The molecule has 2 amide bonds. The van der Waals surface area contributed by atoms with E-state index in [0.29, 0.717) is 42.8 Å². The summed E-state index contributed by atoms with van der Waals surface area (Å²) < 4.78 is 45.3. The van der Waals surface area contributed by atoms with E-state index in [4.69, 9.17) is 15.6 Å². The predicted molar refractivity (Wildman–Crippen MR) is 196 cm³/mol. The number of carbonyl (C=O) groups excluding carboxylic acids is 3. The third kappa shape index (κ3) is 11.6. The number of rotatable bonds is 19. The van der Waals surface area contributed by atoms with E-state index in [2.05, 4.69) is 5.32 Å². The van der Waals surface area contributed by atoms with E-state index < -0.39 is 59.4 Å². The van der Waals surface area contributed by atoms with Crippen molar-refractivity contribution in [3.63, 3.8) is 0 Å². The SMILES string of the molecule is CC(C)(C)C(c1nc(-c2cc(F)ccc2F)cn1Cc1ccccc1)N(CCC(N)CF)C(=O)CNC(=O)CCCCCCC(=O)On1c(O)ccc1O. The van der Waals surface area contributed by atoms with E-state index in [0.717, 1.165) is 23.8 Å². The van der Waals surface area contributed by atoms with E-state index >= 15 is 4.39 Å². The van der Waals surface area contributed by atoms with Crippen LogP contribution in [0.25, 0.3) is 11.3 Å². The Bertz CT molecular complexity index is 1840. The van der Waals surface area contributed by atoms with E-state index in [1.807, 2.05) is 51.1 Å². The van der Waals surface area contributed by atoms with E-state index in [9.17, 15) is 33.4 Å². The van der Waals surface area contributed by atoms with Crippen LogP contribution >= 0.6 is 0 Å². The summed E-state index contributed by atoms with van der Waals surface area (Å²) in [4.78, 5) is 50.1. The number of amides is 2. The highest BCUT2D eigenvalue weighted by Gasteiger charge is 2.38. The average Bonchev–Trinajstić information content (AvgIpc) is 3.68. The number of aromatic nitrogens is 3. The maximum absolute atomic E-state index is 15.0. The summed E-state index contributed by atoms with van der Waals surface area (Å²) in [6, 6.07) is 13.3. The minimum absolute atomic E-state index is 0.0373. The molecule has 2 atom stereocenters. The number of hydrogen-bond donors (Lipinski definition) is 4. The van der Waals surface area contributed by atoms with Gasteiger partial charge < -0.3 is 35.6 Å². The fourth-order valence-corrected chi connectivity index (χ4v) is 6.07. The van der Waals surface area contributed by atoms with Gasteiger partial charge in [0.1, 0.15) is 24.1 Å². The summed E-state index contributed by atoms with van der Waals surface area (Å²) in [5, 5.41) is 21.9. The van der Waals surface area contributed by atoms with Gasteiger partial charge in [-0.1, -0.05) is 63.9 Å².